The zero-order valence-corrected chi connectivity index (χ0v) is 30.4. The molecule has 0 nitrogen and oxygen atoms in total. The normalized spacial score (nSPS) is 11.6. The average Bonchev–Trinajstić information content (AvgIpc) is 2.97. The van der Waals surface area contributed by atoms with Gasteiger partial charge in [-0.1, -0.05) is 261 Å². The molecule has 0 aliphatic carbocycles. The summed E-state index contributed by atoms with van der Waals surface area (Å²) in [4.78, 5) is 0. The first kappa shape index (κ1) is 40.7. The summed E-state index contributed by atoms with van der Waals surface area (Å²) in [5.74, 6) is 0. The molecule has 0 rings (SSSR count). The Hall–Kier alpha value is 0.730. The molecule has 242 valence electrons. The van der Waals surface area contributed by atoms with Crippen LogP contribution in [0.1, 0.15) is 244 Å². The highest BCUT2D eigenvalue weighted by atomic mass is 127. The van der Waals surface area contributed by atoms with Gasteiger partial charge in [0.15, 0.2) is 0 Å². The molecule has 0 aromatic carbocycles. The van der Waals surface area contributed by atoms with Crippen molar-refractivity contribution in [3.05, 3.63) is 0 Å². The van der Waals surface area contributed by atoms with Gasteiger partial charge >= 0.3 is 0 Å². The Kier molecular flexibility index (Phi) is 40.5. The van der Waals surface area contributed by atoms with Crippen LogP contribution in [0, 0.1) is 0 Å². The average molecular weight is 675 g/mol. The maximum atomic E-state index is 2.50. The van der Waals surface area contributed by atoms with Gasteiger partial charge in [-0.25, -0.2) is 0 Å². The molecule has 0 amide bonds. The second-order valence-electron chi connectivity index (χ2n) is 13.4. The fourth-order valence-electron chi connectivity index (χ4n) is 6.35. The number of hydrogen-bond acceptors (Lipinski definition) is 0. The molecular formula is C39H79I. The predicted molar refractivity (Wildman–Crippen MR) is 195 cm³/mol. The van der Waals surface area contributed by atoms with Crippen LogP contribution in [-0.2, 0) is 0 Å². The van der Waals surface area contributed by atoms with Gasteiger partial charge in [-0.2, -0.15) is 0 Å². The highest BCUT2D eigenvalue weighted by Crippen LogP contribution is 2.17. The van der Waals surface area contributed by atoms with Gasteiger partial charge in [-0.15, -0.1) is 0 Å². The molecule has 0 heterocycles. The number of unbranched alkanes of at least 4 members (excludes halogenated alkanes) is 36. The topological polar surface area (TPSA) is 0 Å². The lowest BCUT2D eigenvalue weighted by molar-refractivity contribution is 0.510. The van der Waals surface area contributed by atoms with Crippen LogP contribution in [0.15, 0.2) is 0 Å². The van der Waals surface area contributed by atoms with Gasteiger partial charge < -0.3 is 0 Å². The van der Waals surface area contributed by atoms with Crippen molar-refractivity contribution in [1.82, 2.24) is 0 Å². The summed E-state index contributed by atoms with van der Waals surface area (Å²) in [6.07, 6.45) is 55.0. The van der Waals surface area contributed by atoms with Gasteiger partial charge in [0.25, 0.3) is 0 Å². The van der Waals surface area contributed by atoms with Crippen molar-refractivity contribution >= 4 is 22.6 Å². The van der Waals surface area contributed by atoms with E-state index < -0.39 is 0 Å². The third kappa shape index (κ3) is 38.7. The lowest BCUT2D eigenvalue weighted by atomic mass is 10.0. The first-order valence-electron chi connectivity index (χ1n) is 19.5. The summed E-state index contributed by atoms with van der Waals surface area (Å²) < 4.78 is 1.34. The Labute approximate surface area is 270 Å². The van der Waals surface area contributed by atoms with E-state index in [2.05, 4.69) is 29.5 Å². The highest BCUT2D eigenvalue weighted by molar-refractivity contribution is 14.1. The molecule has 0 unspecified atom stereocenters. The van der Waals surface area contributed by atoms with Gasteiger partial charge in [0.05, 0.1) is 0 Å². The van der Waals surface area contributed by atoms with Gasteiger partial charge in [0.1, 0.15) is 0 Å². The standard InChI is InChI=1S/C39H79I/c1-2-3-4-5-6-7-8-9-10-11-12-13-14-15-16-17-18-19-20-21-22-23-24-25-26-27-28-29-30-31-32-33-34-35-36-37-38-39-40/h2-39H2,1H3. The van der Waals surface area contributed by atoms with Crippen LogP contribution in [0.25, 0.3) is 0 Å². The monoisotopic (exact) mass is 675 g/mol. The van der Waals surface area contributed by atoms with E-state index in [9.17, 15) is 0 Å². The highest BCUT2D eigenvalue weighted by Gasteiger charge is 1.97. The molecule has 0 aromatic rings. The third-order valence-electron chi connectivity index (χ3n) is 9.24. The van der Waals surface area contributed by atoms with Crippen LogP contribution in [0.2, 0.25) is 0 Å². The van der Waals surface area contributed by atoms with Crippen molar-refractivity contribution in [1.29, 1.82) is 0 Å². The fraction of sp³-hybridized carbons (Fsp3) is 1.00. The molecule has 0 saturated carbocycles. The molecule has 40 heavy (non-hydrogen) atoms. The maximum absolute atomic E-state index is 2.50. The Bertz CT molecular complexity index is 368. The number of alkyl halides is 1. The zero-order valence-electron chi connectivity index (χ0n) is 28.2. The molecule has 0 aliphatic rings. The lowest BCUT2D eigenvalue weighted by Gasteiger charge is -2.05. The van der Waals surface area contributed by atoms with E-state index in [1.807, 2.05) is 0 Å². The molecule has 0 N–H and O–H groups in total. The summed E-state index contributed by atoms with van der Waals surface area (Å²) in [7, 11) is 0. The second kappa shape index (κ2) is 39.7. The van der Waals surface area contributed by atoms with E-state index in [1.54, 1.807) is 0 Å². The molecule has 0 atom stereocenters. The smallest absolute Gasteiger partial charge is 0.000473 e. The largest absolute Gasteiger partial charge is 0.0864 e. The van der Waals surface area contributed by atoms with Crippen LogP contribution in [0.5, 0.6) is 0 Å². The minimum absolute atomic E-state index is 1.34. The minimum atomic E-state index is 1.34. The molecular weight excluding hydrogens is 595 g/mol. The number of rotatable bonds is 37. The van der Waals surface area contributed by atoms with Gasteiger partial charge in [-0.05, 0) is 10.8 Å². The van der Waals surface area contributed by atoms with E-state index in [0.717, 1.165) is 0 Å². The van der Waals surface area contributed by atoms with Crippen LogP contribution >= 0.6 is 22.6 Å². The SMILES string of the molecule is CCCCCCCCCCCCCCCCCCCCCCCCCCCCCCCCCCCCCCCI. The molecule has 0 spiro atoms. The van der Waals surface area contributed by atoms with Crippen molar-refractivity contribution in [3.63, 3.8) is 0 Å². The van der Waals surface area contributed by atoms with Crippen molar-refractivity contribution in [3.8, 4) is 0 Å². The summed E-state index contributed by atoms with van der Waals surface area (Å²) >= 11 is 2.50. The predicted octanol–water partition coefficient (Wildman–Crippen LogP) is 15.9. The first-order valence-corrected chi connectivity index (χ1v) is 21.0. The molecule has 0 saturated heterocycles. The quantitative estimate of drug-likeness (QED) is 0.0349. The first-order chi connectivity index (χ1) is 19.9. The molecule has 1 heteroatoms. The van der Waals surface area contributed by atoms with Crippen LogP contribution in [-0.4, -0.2) is 4.43 Å². The van der Waals surface area contributed by atoms with E-state index in [1.165, 1.54) is 242 Å². The van der Waals surface area contributed by atoms with E-state index >= 15 is 0 Å². The molecule has 0 bridgehead atoms. The van der Waals surface area contributed by atoms with Crippen LogP contribution in [0.4, 0.5) is 0 Å². The lowest BCUT2D eigenvalue weighted by Crippen LogP contribution is -1.85. The Morgan fingerprint density at radius 1 is 0.200 bits per heavy atom. The Balaban J connectivity index is 3.01. The van der Waals surface area contributed by atoms with E-state index in [0.29, 0.717) is 0 Å². The van der Waals surface area contributed by atoms with Crippen molar-refractivity contribution in [2.75, 3.05) is 4.43 Å². The van der Waals surface area contributed by atoms with Gasteiger partial charge in [0, 0.05) is 0 Å². The van der Waals surface area contributed by atoms with E-state index in [4.69, 9.17) is 0 Å². The summed E-state index contributed by atoms with van der Waals surface area (Å²) in [5.41, 5.74) is 0. The van der Waals surface area contributed by atoms with Crippen molar-refractivity contribution in [2.45, 2.75) is 244 Å². The number of hydrogen-bond donors (Lipinski definition) is 0. The third-order valence-corrected chi connectivity index (χ3v) is 10.00. The Morgan fingerprint density at radius 2 is 0.325 bits per heavy atom. The van der Waals surface area contributed by atoms with Gasteiger partial charge in [-0.3, -0.25) is 0 Å². The zero-order chi connectivity index (χ0) is 28.9. The minimum Gasteiger partial charge on any atom is -0.0864 e. The van der Waals surface area contributed by atoms with E-state index in [-0.39, 0.29) is 0 Å². The number of halogens is 1. The Morgan fingerprint density at radius 3 is 0.450 bits per heavy atom. The second-order valence-corrected chi connectivity index (χ2v) is 14.5. The molecule has 0 aliphatic heterocycles. The van der Waals surface area contributed by atoms with Crippen LogP contribution in [0.3, 0.4) is 0 Å². The molecule has 0 radical (unpaired) electrons. The summed E-state index contributed by atoms with van der Waals surface area (Å²) in [6, 6.07) is 0. The summed E-state index contributed by atoms with van der Waals surface area (Å²) in [5, 5.41) is 0. The molecule has 0 fully saturated rings. The van der Waals surface area contributed by atoms with Crippen molar-refractivity contribution < 1.29 is 0 Å². The summed E-state index contributed by atoms with van der Waals surface area (Å²) in [6.45, 7) is 2.31. The fourth-order valence-corrected chi connectivity index (χ4v) is 6.89. The van der Waals surface area contributed by atoms with Crippen LogP contribution < -0.4 is 0 Å². The molecule has 0 aromatic heterocycles. The maximum Gasteiger partial charge on any atom is -0.000473 e. The van der Waals surface area contributed by atoms with Crippen molar-refractivity contribution in [2.24, 2.45) is 0 Å². The van der Waals surface area contributed by atoms with Gasteiger partial charge in [0.2, 0.25) is 0 Å².